The van der Waals surface area contributed by atoms with Crippen molar-refractivity contribution in [2.45, 2.75) is 59.0 Å². The molecule has 2 aromatic rings. The van der Waals surface area contributed by atoms with Crippen LogP contribution in [-0.2, 0) is 11.3 Å². The van der Waals surface area contributed by atoms with E-state index in [1.165, 1.54) is 37.9 Å². The Balaban J connectivity index is 1.64. The summed E-state index contributed by atoms with van der Waals surface area (Å²) >= 11 is 6.24. The molecular formula is C21H29ClN4O. The van der Waals surface area contributed by atoms with Crippen LogP contribution in [0.3, 0.4) is 0 Å². The van der Waals surface area contributed by atoms with Gasteiger partial charge in [0.05, 0.1) is 16.4 Å². The highest BCUT2D eigenvalue weighted by Gasteiger charge is 2.23. The van der Waals surface area contributed by atoms with Crippen molar-refractivity contribution in [3.63, 3.8) is 0 Å². The van der Waals surface area contributed by atoms with Gasteiger partial charge in [-0.2, -0.15) is 5.10 Å². The summed E-state index contributed by atoms with van der Waals surface area (Å²) in [5, 5.41) is 8.09. The second-order valence-corrected chi connectivity index (χ2v) is 7.75. The number of anilines is 1. The molecule has 1 aliphatic rings. The Morgan fingerprint density at radius 1 is 1.19 bits per heavy atom. The molecule has 0 spiro atoms. The summed E-state index contributed by atoms with van der Waals surface area (Å²) in [5.74, 6) is -0.0662. The summed E-state index contributed by atoms with van der Waals surface area (Å²) in [6.07, 6.45) is 4.59. The molecule has 1 aromatic heterocycles. The number of carbonyl (C=O) groups excluding carboxylic acids is 1. The SMILES string of the molecule is CCC(C(=O)Nc1ccc(CN2CCCCC2)cc1)n1nc(C)c(Cl)c1C. The van der Waals surface area contributed by atoms with E-state index < -0.39 is 0 Å². The number of amides is 1. The van der Waals surface area contributed by atoms with Crippen LogP contribution < -0.4 is 5.32 Å². The van der Waals surface area contributed by atoms with E-state index in [4.69, 9.17) is 11.6 Å². The lowest BCUT2D eigenvalue weighted by molar-refractivity contribution is -0.119. The molecule has 1 amide bonds. The van der Waals surface area contributed by atoms with Crippen LogP contribution in [0.2, 0.25) is 5.02 Å². The van der Waals surface area contributed by atoms with Crippen LogP contribution in [0.25, 0.3) is 0 Å². The van der Waals surface area contributed by atoms with Crippen molar-refractivity contribution in [2.24, 2.45) is 0 Å². The molecule has 1 aromatic carbocycles. The smallest absolute Gasteiger partial charge is 0.249 e. The zero-order valence-corrected chi connectivity index (χ0v) is 17.2. The molecule has 1 atom stereocenters. The van der Waals surface area contributed by atoms with Crippen LogP contribution in [0.5, 0.6) is 0 Å². The predicted octanol–water partition coefficient (Wildman–Crippen LogP) is 4.73. The maximum atomic E-state index is 12.8. The van der Waals surface area contributed by atoms with E-state index >= 15 is 0 Å². The highest BCUT2D eigenvalue weighted by Crippen LogP contribution is 2.25. The zero-order chi connectivity index (χ0) is 19.4. The van der Waals surface area contributed by atoms with Gasteiger partial charge in [-0.1, -0.05) is 37.1 Å². The van der Waals surface area contributed by atoms with Crippen LogP contribution in [0.15, 0.2) is 24.3 Å². The fraction of sp³-hybridized carbons (Fsp3) is 0.524. The number of halogens is 1. The molecular weight excluding hydrogens is 360 g/mol. The third kappa shape index (κ3) is 4.71. The summed E-state index contributed by atoms with van der Waals surface area (Å²) in [5.41, 5.74) is 3.68. The molecule has 2 heterocycles. The van der Waals surface area contributed by atoms with E-state index in [0.29, 0.717) is 11.4 Å². The molecule has 0 radical (unpaired) electrons. The monoisotopic (exact) mass is 388 g/mol. The van der Waals surface area contributed by atoms with E-state index in [0.717, 1.165) is 23.6 Å². The Hall–Kier alpha value is -1.85. The van der Waals surface area contributed by atoms with E-state index in [2.05, 4.69) is 27.4 Å². The Bertz CT molecular complexity index is 778. The number of hydrogen-bond acceptors (Lipinski definition) is 3. The van der Waals surface area contributed by atoms with E-state index in [9.17, 15) is 4.79 Å². The summed E-state index contributed by atoms with van der Waals surface area (Å²) in [7, 11) is 0. The number of nitrogens with one attached hydrogen (secondary N) is 1. The summed E-state index contributed by atoms with van der Waals surface area (Å²) in [6, 6.07) is 7.80. The molecule has 6 heteroatoms. The average molecular weight is 389 g/mol. The highest BCUT2D eigenvalue weighted by molar-refractivity contribution is 6.31. The molecule has 0 bridgehead atoms. The quantitative estimate of drug-likeness (QED) is 0.778. The minimum atomic E-state index is -0.371. The van der Waals surface area contributed by atoms with Crippen molar-refractivity contribution in [3.8, 4) is 0 Å². The van der Waals surface area contributed by atoms with Crippen molar-refractivity contribution in [2.75, 3.05) is 18.4 Å². The first kappa shape index (κ1) is 19.9. The van der Waals surface area contributed by atoms with Crippen LogP contribution in [0.4, 0.5) is 5.69 Å². The molecule has 27 heavy (non-hydrogen) atoms. The molecule has 3 rings (SSSR count). The van der Waals surface area contributed by atoms with Gasteiger partial charge in [0, 0.05) is 12.2 Å². The van der Waals surface area contributed by atoms with Gasteiger partial charge < -0.3 is 5.32 Å². The van der Waals surface area contributed by atoms with Crippen molar-refractivity contribution in [1.82, 2.24) is 14.7 Å². The van der Waals surface area contributed by atoms with Gasteiger partial charge in [-0.05, 0) is 63.9 Å². The zero-order valence-electron chi connectivity index (χ0n) is 16.5. The van der Waals surface area contributed by atoms with Crippen molar-refractivity contribution in [1.29, 1.82) is 0 Å². The predicted molar refractivity (Wildman–Crippen MR) is 110 cm³/mol. The van der Waals surface area contributed by atoms with Gasteiger partial charge in [-0.15, -0.1) is 0 Å². The van der Waals surface area contributed by atoms with Crippen LogP contribution >= 0.6 is 11.6 Å². The molecule has 1 N–H and O–H groups in total. The first-order valence-electron chi connectivity index (χ1n) is 9.83. The largest absolute Gasteiger partial charge is 0.324 e. The van der Waals surface area contributed by atoms with Crippen molar-refractivity contribution < 1.29 is 4.79 Å². The number of carbonyl (C=O) groups is 1. The molecule has 1 saturated heterocycles. The van der Waals surface area contributed by atoms with Crippen molar-refractivity contribution in [3.05, 3.63) is 46.2 Å². The lowest BCUT2D eigenvalue weighted by Gasteiger charge is -2.26. The minimum absolute atomic E-state index is 0.0662. The maximum Gasteiger partial charge on any atom is 0.249 e. The summed E-state index contributed by atoms with van der Waals surface area (Å²) in [4.78, 5) is 15.3. The molecule has 146 valence electrons. The fourth-order valence-electron chi connectivity index (χ4n) is 3.71. The number of rotatable bonds is 6. The van der Waals surface area contributed by atoms with Gasteiger partial charge >= 0.3 is 0 Å². The second kappa shape index (κ2) is 8.89. The Kier molecular flexibility index (Phi) is 6.55. The maximum absolute atomic E-state index is 12.8. The van der Waals surface area contributed by atoms with Gasteiger partial charge in [0.2, 0.25) is 5.91 Å². The third-order valence-electron chi connectivity index (χ3n) is 5.30. The molecule has 1 unspecified atom stereocenters. The first-order chi connectivity index (χ1) is 13.0. The number of benzene rings is 1. The van der Waals surface area contributed by atoms with Crippen LogP contribution in [0, 0.1) is 13.8 Å². The highest BCUT2D eigenvalue weighted by atomic mass is 35.5. The number of aromatic nitrogens is 2. The van der Waals surface area contributed by atoms with Gasteiger partial charge in [0.25, 0.3) is 0 Å². The van der Waals surface area contributed by atoms with E-state index in [-0.39, 0.29) is 11.9 Å². The van der Waals surface area contributed by atoms with E-state index in [1.54, 1.807) is 4.68 Å². The summed E-state index contributed by atoms with van der Waals surface area (Å²) < 4.78 is 1.73. The van der Waals surface area contributed by atoms with Crippen molar-refractivity contribution >= 4 is 23.2 Å². The van der Waals surface area contributed by atoms with Gasteiger partial charge in [-0.25, -0.2) is 0 Å². The van der Waals surface area contributed by atoms with Gasteiger partial charge in [-0.3, -0.25) is 14.4 Å². The molecule has 1 fully saturated rings. The molecule has 0 saturated carbocycles. The van der Waals surface area contributed by atoms with E-state index in [1.807, 2.05) is 32.9 Å². The number of aryl methyl sites for hydroxylation is 1. The van der Waals surface area contributed by atoms with Gasteiger partial charge in [0.15, 0.2) is 0 Å². The normalized spacial score (nSPS) is 16.3. The molecule has 5 nitrogen and oxygen atoms in total. The Labute approximate surface area is 166 Å². The Morgan fingerprint density at radius 3 is 2.41 bits per heavy atom. The fourth-order valence-corrected chi connectivity index (χ4v) is 3.83. The molecule has 1 aliphatic heterocycles. The average Bonchev–Trinajstić information content (AvgIpc) is 2.92. The summed E-state index contributed by atoms with van der Waals surface area (Å²) in [6.45, 7) is 9.08. The standard InChI is InChI=1S/C21H29ClN4O/c1-4-19(26-16(3)20(22)15(2)24-26)21(27)23-18-10-8-17(9-11-18)14-25-12-6-5-7-13-25/h8-11,19H,4-7,12-14H2,1-3H3,(H,23,27). The number of piperidine rings is 1. The first-order valence-corrected chi connectivity index (χ1v) is 10.2. The lowest BCUT2D eigenvalue weighted by atomic mass is 10.1. The minimum Gasteiger partial charge on any atom is -0.324 e. The number of nitrogens with zero attached hydrogens (tertiary/aromatic N) is 3. The topological polar surface area (TPSA) is 50.2 Å². The van der Waals surface area contributed by atoms with Crippen LogP contribution in [0.1, 0.15) is 55.6 Å². The Morgan fingerprint density at radius 2 is 1.85 bits per heavy atom. The van der Waals surface area contributed by atoms with Crippen LogP contribution in [-0.4, -0.2) is 33.7 Å². The van der Waals surface area contributed by atoms with Gasteiger partial charge in [0.1, 0.15) is 6.04 Å². The third-order valence-corrected chi connectivity index (χ3v) is 5.84. The lowest BCUT2D eigenvalue weighted by Crippen LogP contribution is -2.29. The number of hydrogen-bond donors (Lipinski definition) is 1. The number of likely N-dealkylation sites (tertiary alicyclic amines) is 1. The molecule has 0 aliphatic carbocycles. The second-order valence-electron chi connectivity index (χ2n) is 7.38.